The molecule has 2 unspecified atom stereocenters. The summed E-state index contributed by atoms with van der Waals surface area (Å²) in [4.78, 5) is 29.0. The topological polar surface area (TPSA) is 120 Å². The van der Waals surface area contributed by atoms with Crippen LogP contribution in [0.3, 0.4) is 0 Å². The quantitative estimate of drug-likeness (QED) is 0.661. The molecule has 0 radical (unpaired) electrons. The highest BCUT2D eigenvalue weighted by molar-refractivity contribution is 7.87. The molecule has 0 spiro atoms. The van der Waals surface area contributed by atoms with Gasteiger partial charge in [-0.2, -0.15) is 17.4 Å². The minimum absolute atomic E-state index is 0.122. The molecule has 3 rings (SSSR count). The minimum atomic E-state index is -4.09. The van der Waals surface area contributed by atoms with Crippen LogP contribution in [0.25, 0.3) is 0 Å². The lowest BCUT2D eigenvalue weighted by molar-refractivity contribution is -0.121. The number of halogens is 2. The summed E-state index contributed by atoms with van der Waals surface area (Å²) in [7, 11) is -2.87. The molecule has 3 N–H and O–H groups in total. The smallest absolute Gasteiger partial charge is 0.280 e. The van der Waals surface area contributed by atoms with Gasteiger partial charge in [0.2, 0.25) is 11.8 Å². The van der Waals surface area contributed by atoms with E-state index in [0.717, 1.165) is 10.4 Å². The molecule has 1 aliphatic heterocycles. The van der Waals surface area contributed by atoms with Crippen LogP contribution in [0.1, 0.15) is 6.42 Å². The number of carbonyl (C=O) groups excluding carboxylic acids is 2. The van der Waals surface area contributed by atoms with Crippen molar-refractivity contribution in [1.82, 2.24) is 14.0 Å². The zero-order valence-electron chi connectivity index (χ0n) is 15.1. The summed E-state index contributed by atoms with van der Waals surface area (Å²) >= 11 is 5.70. The Labute approximate surface area is 171 Å². The van der Waals surface area contributed by atoms with E-state index in [1.165, 1.54) is 31.6 Å². The number of nitrogens with one attached hydrogen (secondary N) is 3. The fraction of sp³-hybridized carbons (Fsp3) is 0.235. The highest BCUT2D eigenvalue weighted by atomic mass is 35.5. The maximum Gasteiger partial charge on any atom is 0.280 e. The summed E-state index contributed by atoms with van der Waals surface area (Å²) in [5.74, 6) is -1.96. The van der Waals surface area contributed by atoms with Gasteiger partial charge in [0.15, 0.2) is 0 Å². The Balaban J connectivity index is 1.77. The van der Waals surface area contributed by atoms with Gasteiger partial charge in [-0.3, -0.25) is 14.6 Å². The highest BCUT2D eigenvalue weighted by Crippen LogP contribution is 2.22. The third-order valence-electron chi connectivity index (χ3n) is 4.30. The first-order valence-corrected chi connectivity index (χ1v) is 10.2. The number of rotatable bonds is 4. The van der Waals surface area contributed by atoms with Crippen LogP contribution in [0.15, 0.2) is 42.7 Å². The zero-order valence-corrected chi connectivity index (χ0v) is 16.7. The lowest BCUT2D eigenvalue weighted by Crippen LogP contribution is -2.61. The highest BCUT2D eigenvalue weighted by Gasteiger charge is 2.42. The molecule has 1 aliphatic rings. The van der Waals surface area contributed by atoms with Gasteiger partial charge >= 0.3 is 0 Å². The van der Waals surface area contributed by atoms with E-state index in [1.54, 1.807) is 12.1 Å². The Kier molecular flexibility index (Phi) is 6.13. The van der Waals surface area contributed by atoms with Crippen molar-refractivity contribution in [2.24, 2.45) is 0 Å². The van der Waals surface area contributed by atoms with Crippen molar-refractivity contribution >= 4 is 45.0 Å². The molecule has 1 fully saturated rings. The molecule has 1 aromatic heterocycles. The van der Waals surface area contributed by atoms with E-state index in [1.807, 2.05) is 0 Å². The monoisotopic (exact) mass is 441 g/mol. The predicted molar refractivity (Wildman–Crippen MR) is 105 cm³/mol. The van der Waals surface area contributed by atoms with Crippen molar-refractivity contribution < 1.29 is 22.4 Å². The fourth-order valence-electron chi connectivity index (χ4n) is 2.75. The van der Waals surface area contributed by atoms with Crippen LogP contribution >= 0.6 is 11.6 Å². The Bertz CT molecular complexity index is 1040. The van der Waals surface area contributed by atoms with Crippen molar-refractivity contribution in [2.75, 3.05) is 17.7 Å². The molecule has 154 valence electrons. The first-order valence-electron chi connectivity index (χ1n) is 8.39. The van der Waals surface area contributed by atoms with Gasteiger partial charge in [0.05, 0.1) is 16.9 Å². The molecule has 2 aromatic rings. The fourth-order valence-corrected chi connectivity index (χ4v) is 4.17. The lowest BCUT2D eigenvalue weighted by atomic mass is 10.1. The second-order valence-electron chi connectivity index (χ2n) is 6.29. The molecule has 1 aromatic carbocycles. The maximum atomic E-state index is 13.3. The first-order chi connectivity index (χ1) is 13.7. The standard InChI is InChI=1S/C17H17ClFN5O4S/c1-24-15(17(26)21-10-4-5-13(19)12(18)7-10)8-14(23-29(24,27)28)16(25)22-11-3-2-6-20-9-11/h2-7,9,14-15,23H,8H2,1H3,(H,21,26)(H,22,25). The number of nitrogens with zero attached hydrogens (tertiary/aromatic N) is 2. The van der Waals surface area contributed by atoms with Gasteiger partial charge in [0, 0.05) is 18.9 Å². The Morgan fingerprint density at radius 2 is 1.97 bits per heavy atom. The largest absolute Gasteiger partial charge is 0.325 e. The van der Waals surface area contributed by atoms with Crippen molar-refractivity contribution in [3.63, 3.8) is 0 Å². The van der Waals surface area contributed by atoms with E-state index in [2.05, 4.69) is 20.3 Å². The number of hydrogen-bond acceptors (Lipinski definition) is 5. The zero-order chi connectivity index (χ0) is 21.2. The molecule has 2 amide bonds. The van der Waals surface area contributed by atoms with Crippen LogP contribution in [-0.4, -0.2) is 48.7 Å². The molecule has 1 saturated heterocycles. The summed E-state index contributed by atoms with van der Waals surface area (Å²) in [6.07, 6.45) is 2.81. The van der Waals surface area contributed by atoms with Gasteiger partial charge in [0.1, 0.15) is 17.9 Å². The average molecular weight is 442 g/mol. The second kappa shape index (κ2) is 8.41. The Hall–Kier alpha value is -2.60. The molecule has 2 atom stereocenters. The minimum Gasteiger partial charge on any atom is -0.325 e. The van der Waals surface area contributed by atoms with E-state index in [4.69, 9.17) is 11.6 Å². The number of anilines is 2. The van der Waals surface area contributed by atoms with Crippen LogP contribution in [-0.2, 0) is 19.8 Å². The molecule has 0 bridgehead atoms. The average Bonchev–Trinajstić information content (AvgIpc) is 2.67. The SMILES string of the molecule is CN1C(C(=O)Nc2ccc(F)c(Cl)c2)CC(C(=O)Nc2cccnc2)NS1(=O)=O. The number of aromatic nitrogens is 1. The number of pyridine rings is 1. The van der Waals surface area contributed by atoms with Gasteiger partial charge in [0.25, 0.3) is 10.2 Å². The summed E-state index contributed by atoms with van der Waals surface area (Å²) in [6, 6.07) is 4.43. The number of benzene rings is 1. The summed E-state index contributed by atoms with van der Waals surface area (Å²) in [6.45, 7) is 0. The maximum absolute atomic E-state index is 13.3. The van der Waals surface area contributed by atoms with Crippen LogP contribution in [0.4, 0.5) is 15.8 Å². The van der Waals surface area contributed by atoms with E-state index in [0.29, 0.717) is 5.69 Å². The first kappa shape index (κ1) is 21.1. The number of hydrogen-bond donors (Lipinski definition) is 3. The van der Waals surface area contributed by atoms with Crippen molar-refractivity contribution in [3.05, 3.63) is 53.6 Å². The van der Waals surface area contributed by atoms with E-state index in [-0.39, 0.29) is 17.1 Å². The number of carbonyl (C=O) groups is 2. The van der Waals surface area contributed by atoms with E-state index < -0.39 is 39.9 Å². The number of likely N-dealkylation sites (N-methyl/N-ethyl adjacent to an activating group) is 1. The van der Waals surface area contributed by atoms with Crippen molar-refractivity contribution in [2.45, 2.75) is 18.5 Å². The summed E-state index contributed by atoms with van der Waals surface area (Å²) in [5.41, 5.74) is 0.583. The Morgan fingerprint density at radius 1 is 1.24 bits per heavy atom. The summed E-state index contributed by atoms with van der Waals surface area (Å²) < 4.78 is 41.1. The van der Waals surface area contributed by atoms with Crippen LogP contribution < -0.4 is 15.4 Å². The molecule has 0 saturated carbocycles. The van der Waals surface area contributed by atoms with Gasteiger partial charge in [-0.25, -0.2) is 4.39 Å². The van der Waals surface area contributed by atoms with Crippen LogP contribution in [0, 0.1) is 5.82 Å². The van der Waals surface area contributed by atoms with Gasteiger partial charge in [-0.05, 0) is 36.8 Å². The number of amides is 2. The Morgan fingerprint density at radius 3 is 2.62 bits per heavy atom. The van der Waals surface area contributed by atoms with Gasteiger partial charge < -0.3 is 10.6 Å². The normalized spacial score (nSPS) is 21.3. The van der Waals surface area contributed by atoms with Crippen molar-refractivity contribution in [1.29, 1.82) is 0 Å². The third-order valence-corrected chi connectivity index (χ3v) is 6.19. The van der Waals surface area contributed by atoms with Crippen LogP contribution in [0.5, 0.6) is 0 Å². The second-order valence-corrected chi connectivity index (χ2v) is 8.46. The van der Waals surface area contributed by atoms with Gasteiger partial charge in [-0.15, -0.1) is 0 Å². The molecular weight excluding hydrogens is 425 g/mol. The molecule has 12 heteroatoms. The van der Waals surface area contributed by atoms with E-state index >= 15 is 0 Å². The summed E-state index contributed by atoms with van der Waals surface area (Å²) in [5, 5.41) is 4.85. The predicted octanol–water partition coefficient (Wildman–Crippen LogP) is 1.36. The molecule has 2 heterocycles. The molecule has 0 aliphatic carbocycles. The molecule has 29 heavy (non-hydrogen) atoms. The van der Waals surface area contributed by atoms with E-state index in [9.17, 15) is 22.4 Å². The molecule has 9 nitrogen and oxygen atoms in total. The van der Waals surface area contributed by atoms with Gasteiger partial charge in [-0.1, -0.05) is 11.6 Å². The molecular formula is C17H17ClFN5O4S. The van der Waals surface area contributed by atoms with Crippen LogP contribution in [0.2, 0.25) is 5.02 Å². The third kappa shape index (κ3) is 4.88. The van der Waals surface area contributed by atoms with Crippen molar-refractivity contribution in [3.8, 4) is 0 Å². The lowest BCUT2D eigenvalue weighted by Gasteiger charge is -2.35.